The topological polar surface area (TPSA) is 30.7 Å². The van der Waals surface area contributed by atoms with Crippen LogP contribution >= 0.6 is 34.8 Å². The van der Waals surface area contributed by atoms with Crippen molar-refractivity contribution in [3.05, 3.63) is 82.4 Å². The van der Waals surface area contributed by atoms with E-state index in [1.54, 1.807) is 11.0 Å². The molecule has 23 heavy (non-hydrogen) atoms. The Labute approximate surface area is 149 Å². The van der Waals surface area contributed by atoms with Gasteiger partial charge in [0, 0.05) is 15.6 Å². The fraction of sp³-hybridized carbons (Fsp3) is 0.0588. The maximum Gasteiger partial charge on any atom is 0.137 e. The van der Waals surface area contributed by atoms with E-state index < -0.39 is 0 Å². The Balaban J connectivity index is 2.07. The number of hydrogen-bond donors (Lipinski definition) is 0. The van der Waals surface area contributed by atoms with E-state index in [0.29, 0.717) is 21.6 Å². The van der Waals surface area contributed by atoms with Crippen molar-refractivity contribution in [3.63, 3.8) is 0 Å². The van der Waals surface area contributed by atoms with Crippen LogP contribution < -0.4 is 0 Å². The number of allylic oxidation sites excluding steroid dienone is 1. The summed E-state index contributed by atoms with van der Waals surface area (Å²) in [5, 5.41) is 6.14. The molecular formula is C17H12Cl3N3. The minimum Gasteiger partial charge on any atom is -0.248 e. The van der Waals surface area contributed by atoms with Gasteiger partial charge in [-0.25, -0.2) is 9.67 Å². The lowest BCUT2D eigenvalue weighted by Crippen LogP contribution is -2.02. The van der Waals surface area contributed by atoms with Crippen molar-refractivity contribution in [2.24, 2.45) is 0 Å². The molecule has 1 heterocycles. The molecule has 1 aromatic heterocycles. The molecule has 0 aliphatic heterocycles. The Morgan fingerprint density at radius 3 is 1.96 bits per heavy atom. The summed E-state index contributed by atoms with van der Waals surface area (Å²) < 4.78 is 1.72. The zero-order valence-electron chi connectivity index (χ0n) is 12.0. The van der Waals surface area contributed by atoms with Crippen LogP contribution in [0.15, 0.2) is 61.2 Å². The minimum atomic E-state index is 0.503. The number of benzene rings is 2. The van der Waals surface area contributed by atoms with Gasteiger partial charge in [-0.05, 0) is 35.4 Å². The maximum atomic E-state index is 6.66. The molecule has 3 nitrogen and oxygen atoms in total. The molecule has 0 N–H and O–H groups in total. The molecule has 0 radical (unpaired) electrons. The van der Waals surface area contributed by atoms with E-state index in [2.05, 4.69) is 10.1 Å². The largest absolute Gasteiger partial charge is 0.248 e. The number of nitrogens with zero attached hydrogens (tertiary/aromatic N) is 3. The van der Waals surface area contributed by atoms with Gasteiger partial charge in [0.15, 0.2) is 0 Å². The Morgan fingerprint density at radius 2 is 1.43 bits per heavy atom. The molecule has 0 saturated carbocycles. The van der Waals surface area contributed by atoms with Crippen molar-refractivity contribution in [2.45, 2.75) is 6.54 Å². The number of aromatic nitrogens is 3. The SMILES string of the molecule is ClC(=C(Cn1cncn1)c1ccc(Cl)cc1)c1ccc(Cl)cc1. The fourth-order valence-electron chi connectivity index (χ4n) is 2.19. The molecule has 0 fully saturated rings. The van der Waals surface area contributed by atoms with E-state index >= 15 is 0 Å². The van der Waals surface area contributed by atoms with E-state index in [0.717, 1.165) is 16.7 Å². The molecule has 0 bridgehead atoms. The van der Waals surface area contributed by atoms with Crippen molar-refractivity contribution >= 4 is 45.4 Å². The number of hydrogen-bond acceptors (Lipinski definition) is 2. The Kier molecular flexibility index (Phi) is 5.01. The summed E-state index contributed by atoms with van der Waals surface area (Å²) in [6, 6.07) is 15.0. The highest BCUT2D eigenvalue weighted by molar-refractivity contribution is 6.52. The lowest BCUT2D eigenvalue weighted by Gasteiger charge is -2.12. The summed E-state index contributed by atoms with van der Waals surface area (Å²) in [5.41, 5.74) is 2.79. The lowest BCUT2D eigenvalue weighted by atomic mass is 10.0. The van der Waals surface area contributed by atoms with Crippen molar-refractivity contribution in [2.75, 3.05) is 0 Å². The average molecular weight is 365 g/mol. The predicted molar refractivity (Wildman–Crippen MR) is 95.6 cm³/mol. The van der Waals surface area contributed by atoms with E-state index in [9.17, 15) is 0 Å². The first-order chi connectivity index (χ1) is 11.1. The average Bonchev–Trinajstić information content (AvgIpc) is 3.07. The molecule has 0 atom stereocenters. The van der Waals surface area contributed by atoms with Gasteiger partial charge in [0.1, 0.15) is 12.7 Å². The second kappa shape index (κ2) is 7.18. The van der Waals surface area contributed by atoms with Gasteiger partial charge in [0.2, 0.25) is 0 Å². The molecule has 3 aromatic rings. The standard InChI is InChI=1S/C17H12Cl3N3/c18-14-5-1-12(2-6-14)16(9-23-11-21-10-22-23)17(20)13-3-7-15(19)8-4-13/h1-8,10-11H,9H2. The van der Waals surface area contributed by atoms with Crippen LogP contribution in [0.4, 0.5) is 0 Å². The van der Waals surface area contributed by atoms with Gasteiger partial charge in [-0.15, -0.1) is 0 Å². The van der Waals surface area contributed by atoms with E-state index in [-0.39, 0.29) is 0 Å². The summed E-state index contributed by atoms with van der Waals surface area (Å²) in [6.45, 7) is 0.503. The quantitative estimate of drug-likeness (QED) is 0.581. The summed E-state index contributed by atoms with van der Waals surface area (Å²) in [7, 11) is 0. The fourth-order valence-corrected chi connectivity index (χ4v) is 2.73. The van der Waals surface area contributed by atoms with Crippen molar-refractivity contribution in [1.82, 2.24) is 14.8 Å². The second-order valence-electron chi connectivity index (χ2n) is 4.90. The molecule has 3 rings (SSSR count). The van der Waals surface area contributed by atoms with Crippen LogP contribution in [0.1, 0.15) is 11.1 Å². The van der Waals surface area contributed by atoms with Crippen LogP contribution in [0.25, 0.3) is 10.6 Å². The third-order valence-electron chi connectivity index (χ3n) is 3.34. The van der Waals surface area contributed by atoms with Crippen molar-refractivity contribution in [1.29, 1.82) is 0 Å². The normalized spacial score (nSPS) is 12.1. The van der Waals surface area contributed by atoms with Gasteiger partial charge in [0.05, 0.1) is 11.6 Å². The van der Waals surface area contributed by atoms with Gasteiger partial charge in [-0.1, -0.05) is 59.1 Å². The van der Waals surface area contributed by atoms with Crippen LogP contribution in [0, 0.1) is 0 Å². The summed E-state index contributed by atoms with van der Waals surface area (Å²) in [5.74, 6) is 0. The highest BCUT2D eigenvalue weighted by atomic mass is 35.5. The van der Waals surface area contributed by atoms with Gasteiger partial charge in [0.25, 0.3) is 0 Å². The predicted octanol–water partition coefficient (Wildman–Crippen LogP) is 5.39. The molecule has 0 amide bonds. The highest BCUT2D eigenvalue weighted by Crippen LogP contribution is 2.32. The second-order valence-corrected chi connectivity index (χ2v) is 6.15. The van der Waals surface area contributed by atoms with Gasteiger partial charge >= 0.3 is 0 Å². The van der Waals surface area contributed by atoms with Crippen LogP contribution in [-0.2, 0) is 6.54 Å². The molecular weight excluding hydrogens is 353 g/mol. The Hall–Kier alpha value is -1.81. The van der Waals surface area contributed by atoms with Gasteiger partial charge < -0.3 is 0 Å². The molecule has 0 aliphatic rings. The minimum absolute atomic E-state index is 0.503. The van der Waals surface area contributed by atoms with Gasteiger partial charge in [-0.2, -0.15) is 5.10 Å². The first-order valence-electron chi connectivity index (χ1n) is 6.86. The van der Waals surface area contributed by atoms with Crippen LogP contribution in [0.2, 0.25) is 10.0 Å². The molecule has 0 saturated heterocycles. The number of rotatable bonds is 4. The first kappa shape index (κ1) is 16.1. The third kappa shape index (κ3) is 3.94. The third-order valence-corrected chi connectivity index (χ3v) is 4.29. The van der Waals surface area contributed by atoms with Crippen LogP contribution in [0.3, 0.4) is 0 Å². The molecule has 0 aliphatic carbocycles. The van der Waals surface area contributed by atoms with Crippen molar-refractivity contribution < 1.29 is 0 Å². The van der Waals surface area contributed by atoms with Crippen LogP contribution in [-0.4, -0.2) is 14.8 Å². The maximum absolute atomic E-state index is 6.66. The van der Waals surface area contributed by atoms with Crippen LogP contribution in [0.5, 0.6) is 0 Å². The summed E-state index contributed by atoms with van der Waals surface area (Å²) in [4.78, 5) is 3.97. The molecule has 0 unspecified atom stereocenters. The summed E-state index contributed by atoms with van der Waals surface area (Å²) in [6.07, 6.45) is 3.15. The Bertz CT molecular complexity index is 807. The van der Waals surface area contributed by atoms with Crippen molar-refractivity contribution in [3.8, 4) is 0 Å². The summed E-state index contributed by atoms with van der Waals surface area (Å²) >= 11 is 18.6. The monoisotopic (exact) mass is 363 g/mol. The Morgan fingerprint density at radius 1 is 0.870 bits per heavy atom. The van der Waals surface area contributed by atoms with Gasteiger partial charge in [-0.3, -0.25) is 0 Å². The van der Waals surface area contributed by atoms with E-state index in [1.807, 2.05) is 48.5 Å². The molecule has 0 spiro atoms. The number of halogens is 3. The van der Waals surface area contributed by atoms with E-state index in [1.165, 1.54) is 6.33 Å². The highest BCUT2D eigenvalue weighted by Gasteiger charge is 2.11. The van der Waals surface area contributed by atoms with E-state index in [4.69, 9.17) is 34.8 Å². The molecule has 6 heteroatoms. The first-order valence-corrected chi connectivity index (χ1v) is 8.00. The zero-order chi connectivity index (χ0) is 16.2. The molecule has 116 valence electrons. The smallest absolute Gasteiger partial charge is 0.137 e. The molecule has 2 aromatic carbocycles. The lowest BCUT2D eigenvalue weighted by molar-refractivity contribution is 0.711. The zero-order valence-corrected chi connectivity index (χ0v) is 14.2.